The zero-order chi connectivity index (χ0) is 19.1. The Morgan fingerprint density at radius 2 is 2.23 bits per heavy atom. The van der Waals surface area contributed by atoms with Crippen molar-refractivity contribution >= 4 is 11.9 Å². The zero-order valence-corrected chi connectivity index (χ0v) is 16.5. The van der Waals surface area contributed by atoms with Crippen LogP contribution >= 0.6 is 0 Å². The van der Waals surface area contributed by atoms with Crippen molar-refractivity contribution in [2.24, 2.45) is 16.8 Å². The van der Waals surface area contributed by atoms with Crippen LogP contribution in [0.2, 0.25) is 0 Å². The minimum Gasteiger partial charge on any atom is -0.469 e. The van der Waals surface area contributed by atoms with E-state index in [1.165, 1.54) is 7.11 Å². The number of hydrogen-bond acceptors (Lipinski definition) is 6. The van der Waals surface area contributed by atoms with Gasteiger partial charge in [-0.25, -0.2) is 0 Å². The molecule has 0 spiro atoms. The molecule has 0 bridgehead atoms. The van der Waals surface area contributed by atoms with Crippen molar-refractivity contribution in [1.29, 1.82) is 0 Å². The SMILES string of the molecule is CCNC(=NCCCc1nc(C(C)C)no1)N1CC(C)C(C(=O)OC)C1. The molecule has 2 unspecified atom stereocenters. The Bertz CT molecular complexity index is 614. The number of nitrogens with zero attached hydrogens (tertiary/aromatic N) is 4. The quantitative estimate of drug-likeness (QED) is 0.341. The Kier molecular flexibility index (Phi) is 7.41. The van der Waals surface area contributed by atoms with Crippen LogP contribution in [0.3, 0.4) is 0 Å². The Morgan fingerprint density at radius 3 is 2.85 bits per heavy atom. The number of ether oxygens (including phenoxy) is 1. The van der Waals surface area contributed by atoms with E-state index in [0.29, 0.717) is 25.4 Å². The lowest BCUT2D eigenvalue weighted by Crippen LogP contribution is -2.40. The first-order valence-electron chi connectivity index (χ1n) is 9.39. The highest BCUT2D eigenvalue weighted by molar-refractivity contribution is 5.82. The molecule has 0 amide bonds. The molecule has 8 heteroatoms. The number of aryl methyl sites for hydroxylation is 1. The highest BCUT2D eigenvalue weighted by Gasteiger charge is 2.36. The number of nitrogens with one attached hydrogen (secondary N) is 1. The van der Waals surface area contributed by atoms with E-state index in [9.17, 15) is 4.79 Å². The second-order valence-corrected chi connectivity index (χ2v) is 7.05. The van der Waals surface area contributed by atoms with Crippen LogP contribution in [0.15, 0.2) is 9.52 Å². The Hall–Kier alpha value is -2.12. The second kappa shape index (κ2) is 9.54. The standard InChI is InChI=1S/C18H31N5O3/c1-6-19-18(23-10-13(4)14(11-23)17(24)25-5)20-9-7-8-15-21-16(12(2)3)22-26-15/h12-14H,6-11H2,1-5H3,(H,19,20). The molecule has 0 saturated carbocycles. The van der Waals surface area contributed by atoms with Gasteiger partial charge in [0.15, 0.2) is 11.8 Å². The molecule has 26 heavy (non-hydrogen) atoms. The number of rotatable bonds is 7. The van der Waals surface area contributed by atoms with Gasteiger partial charge in [-0.3, -0.25) is 9.79 Å². The van der Waals surface area contributed by atoms with Gasteiger partial charge in [0.25, 0.3) is 0 Å². The van der Waals surface area contributed by atoms with E-state index < -0.39 is 0 Å². The topological polar surface area (TPSA) is 92.9 Å². The summed E-state index contributed by atoms with van der Waals surface area (Å²) in [6, 6.07) is 0. The number of methoxy groups -OCH3 is 1. The van der Waals surface area contributed by atoms with Gasteiger partial charge in [-0.15, -0.1) is 0 Å². The summed E-state index contributed by atoms with van der Waals surface area (Å²) in [6.07, 6.45) is 1.54. The number of esters is 1. The smallest absolute Gasteiger partial charge is 0.310 e. The molecule has 146 valence electrons. The summed E-state index contributed by atoms with van der Waals surface area (Å²) >= 11 is 0. The summed E-state index contributed by atoms with van der Waals surface area (Å²) < 4.78 is 10.2. The fraction of sp³-hybridized carbons (Fsp3) is 0.778. The van der Waals surface area contributed by atoms with Crippen LogP contribution in [-0.4, -0.2) is 60.3 Å². The molecule has 2 heterocycles. The van der Waals surface area contributed by atoms with Gasteiger partial charge >= 0.3 is 5.97 Å². The number of aromatic nitrogens is 2. The fourth-order valence-electron chi connectivity index (χ4n) is 3.04. The highest BCUT2D eigenvalue weighted by atomic mass is 16.5. The molecule has 0 aliphatic carbocycles. The van der Waals surface area contributed by atoms with Crippen molar-refractivity contribution in [2.75, 3.05) is 33.3 Å². The Labute approximate surface area is 155 Å². The summed E-state index contributed by atoms with van der Waals surface area (Å²) in [5.74, 6) is 2.53. The zero-order valence-electron chi connectivity index (χ0n) is 16.5. The third-order valence-corrected chi connectivity index (χ3v) is 4.56. The molecule has 1 aromatic rings. The predicted molar refractivity (Wildman–Crippen MR) is 98.9 cm³/mol. The second-order valence-electron chi connectivity index (χ2n) is 7.05. The molecular weight excluding hydrogens is 334 g/mol. The lowest BCUT2D eigenvalue weighted by Gasteiger charge is -2.21. The number of hydrogen-bond donors (Lipinski definition) is 1. The van der Waals surface area contributed by atoms with E-state index in [1.807, 2.05) is 20.8 Å². The summed E-state index contributed by atoms with van der Waals surface area (Å²) in [6.45, 7) is 11.1. The van der Waals surface area contributed by atoms with Crippen LogP contribution in [0.4, 0.5) is 0 Å². The van der Waals surface area contributed by atoms with E-state index in [4.69, 9.17) is 14.3 Å². The summed E-state index contributed by atoms with van der Waals surface area (Å²) in [5.41, 5.74) is 0. The average molecular weight is 365 g/mol. The third-order valence-electron chi connectivity index (χ3n) is 4.56. The largest absolute Gasteiger partial charge is 0.469 e. The lowest BCUT2D eigenvalue weighted by molar-refractivity contribution is -0.145. The fourth-order valence-corrected chi connectivity index (χ4v) is 3.04. The summed E-state index contributed by atoms with van der Waals surface area (Å²) in [7, 11) is 1.44. The first-order chi connectivity index (χ1) is 12.5. The van der Waals surface area contributed by atoms with Crippen molar-refractivity contribution in [3.63, 3.8) is 0 Å². The average Bonchev–Trinajstić information content (AvgIpc) is 3.24. The van der Waals surface area contributed by atoms with Gasteiger partial charge in [-0.05, 0) is 19.3 Å². The molecule has 1 aliphatic rings. The molecule has 8 nitrogen and oxygen atoms in total. The first kappa shape index (κ1) is 20.2. The van der Waals surface area contributed by atoms with Crippen LogP contribution in [0.5, 0.6) is 0 Å². The maximum Gasteiger partial charge on any atom is 0.310 e. The van der Waals surface area contributed by atoms with Crippen LogP contribution in [0.25, 0.3) is 0 Å². The van der Waals surface area contributed by atoms with Gasteiger partial charge in [0.05, 0.1) is 13.0 Å². The number of aliphatic imine (C=N–C) groups is 1. The molecule has 1 aromatic heterocycles. The molecule has 2 rings (SSSR count). The van der Waals surface area contributed by atoms with Crippen molar-refractivity contribution in [3.05, 3.63) is 11.7 Å². The minimum absolute atomic E-state index is 0.100. The van der Waals surface area contributed by atoms with E-state index in [1.54, 1.807) is 0 Å². The van der Waals surface area contributed by atoms with Crippen molar-refractivity contribution in [3.8, 4) is 0 Å². The molecule has 2 atom stereocenters. The van der Waals surface area contributed by atoms with E-state index in [0.717, 1.165) is 31.3 Å². The number of likely N-dealkylation sites (tertiary alicyclic amines) is 1. The van der Waals surface area contributed by atoms with Gasteiger partial charge in [-0.2, -0.15) is 4.98 Å². The van der Waals surface area contributed by atoms with Crippen molar-refractivity contribution < 1.29 is 14.1 Å². The van der Waals surface area contributed by atoms with Crippen molar-refractivity contribution in [1.82, 2.24) is 20.4 Å². The number of carbonyl (C=O) groups is 1. The van der Waals surface area contributed by atoms with Gasteiger partial charge in [-0.1, -0.05) is 25.9 Å². The molecule has 1 saturated heterocycles. The molecular formula is C18H31N5O3. The predicted octanol–water partition coefficient (Wildman–Crippen LogP) is 1.83. The summed E-state index contributed by atoms with van der Waals surface area (Å²) in [4.78, 5) is 23.1. The van der Waals surface area contributed by atoms with Crippen LogP contribution in [0.1, 0.15) is 51.7 Å². The maximum absolute atomic E-state index is 11.9. The lowest BCUT2D eigenvalue weighted by atomic mass is 9.99. The van der Waals surface area contributed by atoms with Gasteiger partial charge in [0.2, 0.25) is 5.89 Å². The van der Waals surface area contributed by atoms with Gasteiger partial charge < -0.3 is 19.5 Å². The molecule has 0 aromatic carbocycles. The monoisotopic (exact) mass is 365 g/mol. The Balaban J connectivity index is 1.89. The summed E-state index contributed by atoms with van der Waals surface area (Å²) in [5, 5.41) is 7.29. The molecule has 1 fully saturated rings. The van der Waals surface area contributed by atoms with Crippen LogP contribution in [0, 0.1) is 11.8 Å². The minimum atomic E-state index is -0.145. The van der Waals surface area contributed by atoms with Crippen LogP contribution < -0.4 is 5.32 Å². The van der Waals surface area contributed by atoms with E-state index in [2.05, 4.69) is 27.3 Å². The molecule has 1 N–H and O–H groups in total. The first-order valence-corrected chi connectivity index (χ1v) is 9.39. The normalized spacial score (nSPS) is 20.7. The highest BCUT2D eigenvalue weighted by Crippen LogP contribution is 2.24. The molecule has 1 aliphatic heterocycles. The Morgan fingerprint density at radius 1 is 1.46 bits per heavy atom. The van der Waals surface area contributed by atoms with E-state index in [-0.39, 0.29) is 23.7 Å². The van der Waals surface area contributed by atoms with Crippen LogP contribution in [-0.2, 0) is 16.0 Å². The molecule has 0 radical (unpaired) electrons. The maximum atomic E-state index is 11.9. The number of guanidine groups is 1. The van der Waals surface area contributed by atoms with Gasteiger partial charge in [0, 0.05) is 38.5 Å². The van der Waals surface area contributed by atoms with E-state index >= 15 is 0 Å². The third kappa shape index (κ3) is 5.19. The number of carbonyl (C=O) groups excluding carboxylic acids is 1. The van der Waals surface area contributed by atoms with Crippen molar-refractivity contribution in [2.45, 2.75) is 46.5 Å². The van der Waals surface area contributed by atoms with Gasteiger partial charge in [0.1, 0.15) is 0 Å².